The highest BCUT2D eigenvalue weighted by atomic mass is 79.9. The zero-order chi connectivity index (χ0) is 16.8. The van der Waals surface area contributed by atoms with E-state index in [1.807, 2.05) is 48.3 Å². The first kappa shape index (κ1) is 15.6. The van der Waals surface area contributed by atoms with E-state index in [0.717, 1.165) is 26.9 Å². The molecule has 0 aliphatic heterocycles. The minimum absolute atomic E-state index is 0.498. The second-order valence-electron chi connectivity index (χ2n) is 5.23. The summed E-state index contributed by atoms with van der Waals surface area (Å²) in [5, 5.41) is 10.2. The fourth-order valence-electron chi connectivity index (χ4n) is 2.64. The van der Waals surface area contributed by atoms with Gasteiger partial charge in [-0.25, -0.2) is 0 Å². The summed E-state index contributed by atoms with van der Waals surface area (Å²) >= 11 is 16.1. The number of benzene rings is 2. The highest BCUT2D eigenvalue weighted by Gasteiger charge is 2.17. The standard InChI is InChI=1S/C16H10BrCl2N5/c1-23(12-4-2-3-11(17)14(12)19)15-10-6-5-9(18)7-13(10)24-8-20-22-16(24)21-15/h2-8H,1H3. The van der Waals surface area contributed by atoms with Gasteiger partial charge in [0.1, 0.15) is 12.1 Å². The van der Waals surface area contributed by atoms with Gasteiger partial charge in [-0.3, -0.25) is 4.40 Å². The lowest BCUT2D eigenvalue weighted by Crippen LogP contribution is -2.13. The molecule has 4 aromatic rings. The SMILES string of the molecule is CN(c1cccc(Br)c1Cl)c1nc2nncn2c2cc(Cl)ccc12. The van der Waals surface area contributed by atoms with Crippen molar-refractivity contribution in [2.24, 2.45) is 0 Å². The highest BCUT2D eigenvalue weighted by molar-refractivity contribution is 9.10. The number of halogens is 3. The Hall–Kier alpha value is -1.89. The number of hydrogen-bond donors (Lipinski definition) is 0. The van der Waals surface area contributed by atoms with E-state index < -0.39 is 0 Å². The average molecular weight is 423 g/mol. The zero-order valence-electron chi connectivity index (χ0n) is 12.4. The number of hydrogen-bond acceptors (Lipinski definition) is 4. The third kappa shape index (κ3) is 2.42. The van der Waals surface area contributed by atoms with E-state index in [-0.39, 0.29) is 0 Å². The molecule has 24 heavy (non-hydrogen) atoms. The molecule has 0 fully saturated rings. The monoisotopic (exact) mass is 421 g/mol. The van der Waals surface area contributed by atoms with Gasteiger partial charge < -0.3 is 4.90 Å². The van der Waals surface area contributed by atoms with E-state index in [1.54, 1.807) is 10.7 Å². The van der Waals surface area contributed by atoms with Crippen LogP contribution in [0.3, 0.4) is 0 Å². The molecule has 0 atom stereocenters. The minimum atomic E-state index is 0.498. The van der Waals surface area contributed by atoms with Crippen LogP contribution in [0.2, 0.25) is 10.0 Å². The molecular formula is C16H10BrCl2N5. The molecule has 0 amide bonds. The van der Waals surface area contributed by atoms with Crippen molar-refractivity contribution in [3.05, 3.63) is 57.2 Å². The molecule has 2 aromatic carbocycles. The Morgan fingerprint density at radius 3 is 2.83 bits per heavy atom. The summed E-state index contributed by atoms with van der Waals surface area (Å²) in [6, 6.07) is 11.4. The number of aromatic nitrogens is 4. The summed E-state index contributed by atoms with van der Waals surface area (Å²) in [6.07, 6.45) is 1.62. The van der Waals surface area contributed by atoms with Gasteiger partial charge in [-0.15, -0.1) is 10.2 Å². The van der Waals surface area contributed by atoms with Gasteiger partial charge in [-0.1, -0.05) is 29.3 Å². The van der Waals surface area contributed by atoms with Crippen LogP contribution in [0.1, 0.15) is 0 Å². The first-order chi connectivity index (χ1) is 11.6. The van der Waals surface area contributed by atoms with Crippen molar-refractivity contribution in [3.63, 3.8) is 0 Å². The van der Waals surface area contributed by atoms with Crippen LogP contribution >= 0.6 is 39.1 Å². The lowest BCUT2D eigenvalue weighted by Gasteiger charge is -2.22. The van der Waals surface area contributed by atoms with Gasteiger partial charge in [0, 0.05) is 21.9 Å². The first-order valence-electron chi connectivity index (χ1n) is 7.03. The van der Waals surface area contributed by atoms with Crippen LogP contribution in [0.5, 0.6) is 0 Å². The van der Waals surface area contributed by atoms with Gasteiger partial charge in [-0.2, -0.15) is 4.98 Å². The van der Waals surface area contributed by atoms with Crippen LogP contribution in [-0.2, 0) is 0 Å². The predicted octanol–water partition coefficient (Wildman–Crippen LogP) is 5.11. The Kier molecular flexibility index (Phi) is 3.83. The van der Waals surface area contributed by atoms with Crippen LogP contribution in [0.15, 0.2) is 47.2 Å². The zero-order valence-corrected chi connectivity index (χ0v) is 15.5. The second kappa shape index (κ2) is 5.88. The van der Waals surface area contributed by atoms with Crippen molar-refractivity contribution in [2.45, 2.75) is 0 Å². The molecule has 0 saturated carbocycles. The van der Waals surface area contributed by atoms with Gasteiger partial charge in [0.25, 0.3) is 5.78 Å². The third-order valence-electron chi connectivity index (χ3n) is 3.81. The van der Waals surface area contributed by atoms with Crippen molar-refractivity contribution in [2.75, 3.05) is 11.9 Å². The van der Waals surface area contributed by atoms with E-state index in [0.29, 0.717) is 15.8 Å². The summed E-state index contributed by atoms with van der Waals surface area (Å²) in [7, 11) is 1.91. The van der Waals surface area contributed by atoms with Crippen molar-refractivity contribution >= 4 is 67.3 Å². The molecule has 2 heterocycles. The van der Waals surface area contributed by atoms with Crippen LogP contribution < -0.4 is 4.90 Å². The molecule has 8 heteroatoms. The normalized spacial score (nSPS) is 11.3. The Balaban J connectivity index is 2.02. The second-order valence-corrected chi connectivity index (χ2v) is 6.90. The number of anilines is 2. The first-order valence-corrected chi connectivity index (χ1v) is 8.58. The van der Waals surface area contributed by atoms with E-state index in [9.17, 15) is 0 Å². The molecule has 2 aromatic heterocycles. The maximum atomic E-state index is 6.44. The van der Waals surface area contributed by atoms with Crippen LogP contribution in [0.25, 0.3) is 16.7 Å². The Morgan fingerprint density at radius 2 is 2.00 bits per heavy atom. The minimum Gasteiger partial charge on any atom is -0.327 e. The van der Waals surface area contributed by atoms with Crippen molar-refractivity contribution in [1.82, 2.24) is 19.6 Å². The molecule has 0 aliphatic rings. The van der Waals surface area contributed by atoms with Crippen LogP contribution in [0.4, 0.5) is 11.5 Å². The van der Waals surface area contributed by atoms with Gasteiger partial charge in [0.15, 0.2) is 0 Å². The molecule has 4 rings (SSSR count). The Bertz CT molecular complexity index is 1080. The molecule has 0 unspecified atom stereocenters. The summed E-state index contributed by atoms with van der Waals surface area (Å²) in [5.41, 5.74) is 1.71. The summed E-state index contributed by atoms with van der Waals surface area (Å²) in [6.45, 7) is 0. The molecule has 0 bridgehead atoms. The highest BCUT2D eigenvalue weighted by Crippen LogP contribution is 2.37. The summed E-state index contributed by atoms with van der Waals surface area (Å²) < 4.78 is 2.63. The van der Waals surface area contributed by atoms with Crippen molar-refractivity contribution in [3.8, 4) is 0 Å². The number of rotatable bonds is 2. The summed E-state index contributed by atoms with van der Waals surface area (Å²) in [5.74, 6) is 1.22. The molecule has 0 aliphatic carbocycles. The predicted molar refractivity (Wildman–Crippen MR) is 101 cm³/mol. The van der Waals surface area contributed by atoms with E-state index in [1.165, 1.54) is 0 Å². The fourth-order valence-corrected chi connectivity index (χ4v) is 3.42. The van der Waals surface area contributed by atoms with Gasteiger partial charge in [-0.05, 0) is 46.3 Å². The maximum Gasteiger partial charge on any atom is 0.257 e. The Labute approximate surface area is 156 Å². The Morgan fingerprint density at radius 1 is 1.17 bits per heavy atom. The lowest BCUT2D eigenvalue weighted by atomic mass is 10.2. The maximum absolute atomic E-state index is 6.44. The van der Waals surface area contributed by atoms with Crippen molar-refractivity contribution < 1.29 is 0 Å². The van der Waals surface area contributed by atoms with E-state index in [4.69, 9.17) is 23.2 Å². The number of fused-ring (bicyclic) bond motifs is 3. The van der Waals surface area contributed by atoms with E-state index >= 15 is 0 Å². The van der Waals surface area contributed by atoms with Gasteiger partial charge in [0.2, 0.25) is 0 Å². The van der Waals surface area contributed by atoms with E-state index in [2.05, 4.69) is 31.1 Å². The molecule has 0 spiro atoms. The molecule has 0 radical (unpaired) electrons. The lowest BCUT2D eigenvalue weighted by molar-refractivity contribution is 1.08. The van der Waals surface area contributed by atoms with Gasteiger partial charge >= 0.3 is 0 Å². The smallest absolute Gasteiger partial charge is 0.257 e. The molecular weight excluding hydrogens is 413 g/mol. The van der Waals surface area contributed by atoms with Crippen LogP contribution in [0, 0.1) is 0 Å². The number of nitrogens with zero attached hydrogens (tertiary/aromatic N) is 5. The van der Waals surface area contributed by atoms with Crippen molar-refractivity contribution in [1.29, 1.82) is 0 Å². The van der Waals surface area contributed by atoms with Gasteiger partial charge in [0.05, 0.1) is 16.2 Å². The molecule has 0 saturated heterocycles. The van der Waals surface area contributed by atoms with Crippen LogP contribution in [-0.4, -0.2) is 26.6 Å². The quantitative estimate of drug-likeness (QED) is 0.450. The molecule has 0 N–H and O–H groups in total. The average Bonchev–Trinajstić information content (AvgIpc) is 3.04. The molecule has 120 valence electrons. The largest absolute Gasteiger partial charge is 0.327 e. The fraction of sp³-hybridized carbons (Fsp3) is 0.0625. The third-order valence-corrected chi connectivity index (χ3v) is 5.33. The molecule has 5 nitrogen and oxygen atoms in total. The summed E-state index contributed by atoms with van der Waals surface area (Å²) in [4.78, 5) is 6.57. The topological polar surface area (TPSA) is 46.3 Å².